The summed E-state index contributed by atoms with van der Waals surface area (Å²) in [7, 11) is 0. The number of fused-ring (bicyclic) bond motifs is 9. The van der Waals surface area contributed by atoms with Crippen molar-refractivity contribution in [3.05, 3.63) is 198 Å². The number of nitrogens with zero attached hydrogens (tertiary/aromatic N) is 1. The number of anilines is 3. The van der Waals surface area contributed by atoms with Crippen LogP contribution in [0.2, 0.25) is 0 Å². The molecule has 9 aromatic rings. The molecule has 0 amide bonds. The topological polar surface area (TPSA) is 3.24 Å². The number of thiophene rings is 1. The summed E-state index contributed by atoms with van der Waals surface area (Å²) in [5.74, 6) is 3.22. The van der Waals surface area contributed by atoms with E-state index < -0.39 is 0 Å². The standard InChI is InChI=1S/C61H49NS/c1-60(2)52-20-7-3-14-46(52)49-18-11-19-50(59(49)60)48-15-5-9-22-55(48)62(42-27-25-39(26-28-42)44-17-12-24-57-58(44)51-16-6-10-23-56(51)63-57)43-29-30-47-45-13-4-8-21-53(45)61(54(47)36-43)40-32-37-31-38(34-40)35-41(61)33-37/h3-30,36-38,40-41H,31-35H2,1-2H3. The molecule has 1 nitrogen and oxygen atoms in total. The summed E-state index contributed by atoms with van der Waals surface area (Å²) < 4.78 is 2.68. The zero-order chi connectivity index (χ0) is 41.6. The van der Waals surface area contributed by atoms with Gasteiger partial charge in [-0.05, 0) is 159 Å². The van der Waals surface area contributed by atoms with Crippen molar-refractivity contribution in [1.82, 2.24) is 0 Å². The number of benzene rings is 8. The van der Waals surface area contributed by atoms with Gasteiger partial charge >= 0.3 is 0 Å². The fraction of sp³-hybridized carbons (Fsp3) is 0.213. The second kappa shape index (κ2) is 13.2. The molecule has 0 atom stereocenters. The highest BCUT2D eigenvalue weighted by molar-refractivity contribution is 7.25. The molecule has 8 aromatic carbocycles. The highest BCUT2D eigenvalue weighted by atomic mass is 32.1. The maximum absolute atomic E-state index is 2.66. The van der Waals surface area contributed by atoms with E-state index in [0.29, 0.717) is 11.8 Å². The van der Waals surface area contributed by atoms with Gasteiger partial charge in [0.25, 0.3) is 0 Å². The Labute approximate surface area is 374 Å². The van der Waals surface area contributed by atoms with Crippen LogP contribution in [0.3, 0.4) is 0 Å². The minimum atomic E-state index is -0.139. The Kier molecular flexibility index (Phi) is 7.58. The fourth-order valence-electron chi connectivity index (χ4n) is 14.5. The lowest BCUT2D eigenvalue weighted by molar-refractivity contribution is -0.0399. The van der Waals surface area contributed by atoms with Crippen LogP contribution in [-0.2, 0) is 10.8 Å². The number of hydrogen-bond acceptors (Lipinski definition) is 2. The molecule has 15 rings (SSSR count). The van der Waals surface area contributed by atoms with E-state index in [-0.39, 0.29) is 10.8 Å². The Hall–Kier alpha value is -6.22. The van der Waals surface area contributed by atoms with Crippen molar-refractivity contribution in [3.8, 4) is 44.5 Å². The molecule has 304 valence electrons. The maximum atomic E-state index is 2.66. The molecule has 0 radical (unpaired) electrons. The molecular weight excluding hydrogens is 779 g/mol. The lowest BCUT2D eigenvalue weighted by atomic mass is 9.43. The summed E-state index contributed by atoms with van der Waals surface area (Å²) >= 11 is 1.89. The van der Waals surface area contributed by atoms with Gasteiger partial charge in [-0.3, -0.25) is 0 Å². The van der Waals surface area contributed by atoms with Gasteiger partial charge in [0.05, 0.1) is 5.69 Å². The molecule has 6 aliphatic carbocycles. The Morgan fingerprint density at radius 3 is 1.78 bits per heavy atom. The SMILES string of the molecule is CC1(C)c2ccccc2-c2cccc(-c3ccccc3N(c3ccc(-c4cccc5sc6ccccc6c45)cc3)c3ccc4c(c3)C3(c5ccccc5-4)C4CC5CC(C4)CC3C5)c21. The Morgan fingerprint density at radius 2 is 1.00 bits per heavy atom. The average Bonchev–Trinajstić information content (AvgIpc) is 3.92. The smallest absolute Gasteiger partial charge is 0.0540 e. The van der Waals surface area contributed by atoms with Crippen LogP contribution >= 0.6 is 11.3 Å². The Morgan fingerprint density at radius 1 is 0.444 bits per heavy atom. The van der Waals surface area contributed by atoms with Crippen molar-refractivity contribution in [3.63, 3.8) is 0 Å². The van der Waals surface area contributed by atoms with Crippen molar-refractivity contribution in [1.29, 1.82) is 0 Å². The largest absolute Gasteiger partial charge is 0.310 e. The van der Waals surface area contributed by atoms with Crippen molar-refractivity contribution in [2.45, 2.75) is 56.8 Å². The van der Waals surface area contributed by atoms with Crippen molar-refractivity contribution >= 4 is 48.6 Å². The van der Waals surface area contributed by atoms with Crippen LogP contribution in [0, 0.1) is 23.7 Å². The van der Waals surface area contributed by atoms with Gasteiger partial charge in [-0.2, -0.15) is 0 Å². The molecule has 2 heteroatoms. The van der Waals surface area contributed by atoms with Gasteiger partial charge in [0.2, 0.25) is 0 Å². The lowest BCUT2D eigenvalue weighted by Gasteiger charge is -2.61. The molecule has 1 aromatic heterocycles. The highest BCUT2D eigenvalue weighted by Gasteiger charge is 2.61. The molecule has 0 N–H and O–H groups in total. The molecule has 4 bridgehead atoms. The van der Waals surface area contributed by atoms with Gasteiger partial charge in [0.1, 0.15) is 0 Å². The van der Waals surface area contributed by atoms with Gasteiger partial charge < -0.3 is 4.90 Å². The van der Waals surface area contributed by atoms with Crippen molar-refractivity contribution in [2.75, 3.05) is 4.90 Å². The summed E-state index contributed by atoms with van der Waals surface area (Å²) in [6, 6.07) is 67.6. The molecule has 4 saturated carbocycles. The maximum Gasteiger partial charge on any atom is 0.0540 e. The number of rotatable bonds is 5. The van der Waals surface area contributed by atoms with E-state index in [4.69, 9.17) is 0 Å². The van der Waals surface area contributed by atoms with Crippen LogP contribution in [0.4, 0.5) is 17.1 Å². The molecule has 63 heavy (non-hydrogen) atoms. The first kappa shape index (κ1) is 36.3. The number of hydrogen-bond donors (Lipinski definition) is 0. The quantitative estimate of drug-likeness (QED) is 0.167. The van der Waals surface area contributed by atoms with Crippen molar-refractivity contribution < 1.29 is 0 Å². The van der Waals surface area contributed by atoms with Crippen LogP contribution in [0.5, 0.6) is 0 Å². The second-order valence-corrected chi connectivity index (χ2v) is 21.1. The fourth-order valence-corrected chi connectivity index (χ4v) is 15.6. The normalized spacial score (nSPS) is 23.0. The third kappa shape index (κ3) is 4.94. The lowest BCUT2D eigenvalue weighted by Crippen LogP contribution is -2.55. The third-order valence-electron chi connectivity index (χ3n) is 16.7. The summed E-state index contributed by atoms with van der Waals surface area (Å²) in [6.45, 7) is 4.83. The molecule has 0 saturated heterocycles. The van der Waals surface area contributed by atoms with E-state index in [1.165, 1.54) is 125 Å². The van der Waals surface area contributed by atoms with E-state index in [0.717, 1.165) is 11.8 Å². The summed E-state index contributed by atoms with van der Waals surface area (Å²) in [5, 5.41) is 2.69. The van der Waals surface area contributed by atoms with E-state index in [2.05, 4.69) is 195 Å². The predicted molar refractivity (Wildman–Crippen MR) is 266 cm³/mol. The van der Waals surface area contributed by atoms with Gasteiger partial charge in [0, 0.05) is 47.9 Å². The highest BCUT2D eigenvalue weighted by Crippen LogP contribution is 2.70. The van der Waals surface area contributed by atoms with Crippen molar-refractivity contribution in [2.24, 2.45) is 23.7 Å². The van der Waals surface area contributed by atoms with E-state index in [1.54, 1.807) is 11.1 Å². The summed E-state index contributed by atoms with van der Waals surface area (Å²) in [6.07, 6.45) is 6.97. The second-order valence-electron chi connectivity index (χ2n) is 20.0. The van der Waals surface area contributed by atoms with E-state index in [1.807, 2.05) is 11.3 Å². The minimum Gasteiger partial charge on any atom is -0.310 e. The van der Waals surface area contributed by atoms with Crippen LogP contribution < -0.4 is 4.90 Å². The molecule has 0 aliphatic heterocycles. The van der Waals surface area contributed by atoms with E-state index >= 15 is 0 Å². The van der Waals surface area contributed by atoms with Crippen LogP contribution in [-0.4, -0.2) is 0 Å². The molecule has 6 aliphatic rings. The first-order valence-corrected chi connectivity index (χ1v) is 24.2. The first-order valence-electron chi connectivity index (χ1n) is 23.3. The van der Waals surface area contributed by atoms with Crippen LogP contribution in [0.15, 0.2) is 176 Å². The predicted octanol–water partition coefficient (Wildman–Crippen LogP) is 16.9. The van der Waals surface area contributed by atoms with Gasteiger partial charge in [-0.1, -0.05) is 147 Å². The Bertz CT molecular complexity index is 3320. The molecule has 1 spiro atoms. The number of para-hydroxylation sites is 1. The molecule has 1 heterocycles. The van der Waals surface area contributed by atoms with Gasteiger partial charge in [-0.15, -0.1) is 11.3 Å². The minimum absolute atomic E-state index is 0.0858. The molecular formula is C61H49NS. The van der Waals surface area contributed by atoms with Crippen LogP contribution in [0.25, 0.3) is 64.7 Å². The monoisotopic (exact) mass is 827 g/mol. The summed E-state index contributed by atoms with van der Waals surface area (Å²) in [5.41, 5.74) is 20.4. The zero-order valence-electron chi connectivity index (χ0n) is 35.9. The molecule has 0 unspecified atom stereocenters. The third-order valence-corrected chi connectivity index (χ3v) is 17.8. The van der Waals surface area contributed by atoms with Crippen LogP contribution in [0.1, 0.15) is 68.2 Å². The first-order chi connectivity index (χ1) is 31.0. The van der Waals surface area contributed by atoms with Gasteiger partial charge in [-0.25, -0.2) is 0 Å². The van der Waals surface area contributed by atoms with Gasteiger partial charge in [0.15, 0.2) is 0 Å². The zero-order valence-corrected chi connectivity index (χ0v) is 36.8. The average molecular weight is 828 g/mol. The Balaban J connectivity index is 0.983. The molecule has 4 fully saturated rings. The summed E-state index contributed by atoms with van der Waals surface area (Å²) in [4.78, 5) is 2.60. The van der Waals surface area contributed by atoms with E-state index in [9.17, 15) is 0 Å².